The van der Waals surface area contributed by atoms with Crippen molar-refractivity contribution < 1.29 is 21.8 Å². The Morgan fingerprint density at radius 3 is 2.10 bits per heavy atom. The summed E-state index contributed by atoms with van der Waals surface area (Å²) in [5.74, 6) is 0. The lowest BCUT2D eigenvalue weighted by atomic mass is 10.2. The van der Waals surface area contributed by atoms with Crippen molar-refractivity contribution in [2.45, 2.75) is 36.0 Å². The van der Waals surface area contributed by atoms with Gasteiger partial charge in [-0.05, 0) is 50.1 Å². The molecule has 156 valence electrons. The third-order valence-electron chi connectivity index (χ3n) is 4.75. The number of anilines is 1. The molecule has 1 saturated heterocycles. The summed E-state index contributed by atoms with van der Waals surface area (Å²) in [4.78, 5) is 10.2. The molecule has 0 bridgehead atoms. The van der Waals surface area contributed by atoms with E-state index in [9.17, 15) is 26.9 Å². The van der Waals surface area contributed by atoms with Gasteiger partial charge in [-0.25, -0.2) is 16.8 Å². The van der Waals surface area contributed by atoms with Crippen molar-refractivity contribution in [3.05, 3.63) is 58.1 Å². The zero-order chi connectivity index (χ0) is 21.2. The van der Waals surface area contributed by atoms with Crippen LogP contribution in [-0.4, -0.2) is 39.2 Å². The molecule has 0 atom stereocenters. The monoisotopic (exact) mass is 439 g/mol. The Balaban J connectivity index is 1.82. The van der Waals surface area contributed by atoms with Crippen molar-refractivity contribution in [2.75, 3.05) is 17.8 Å². The molecular formula is C18H21N3O6S2. The number of aryl methyl sites for hydroxylation is 1. The van der Waals surface area contributed by atoms with Crippen LogP contribution in [0.15, 0.2) is 52.3 Å². The summed E-state index contributed by atoms with van der Waals surface area (Å²) < 4.78 is 54.2. The lowest BCUT2D eigenvalue weighted by molar-refractivity contribution is -0.385. The van der Waals surface area contributed by atoms with Gasteiger partial charge in [0.25, 0.3) is 15.7 Å². The average molecular weight is 440 g/mol. The zero-order valence-electron chi connectivity index (χ0n) is 15.7. The predicted molar refractivity (Wildman–Crippen MR) is 108 cm³/mol. The number of nitrogens with one attached hydrogen (secondary N) is 1. The summed E-state index contributed by atoms with van der Waals surface area (Å²) in [5.41, 5.74) is 0.211. The molecule has 0 saturated carbocycles. The highest BCUT2D eigenvalue weighted by Crippen LogP contribution is 2.25. The van der Waals surface area contributed by atoms with Crippen LogP contribution in [0.25, 0.3) is 0 Å². The molecule has 0 spiro atoms. The second-order valence-corrected chi connectivity index (χ2v) is 10.4. The fraction of sp³-hybridized carbons (Fsp3) is 0.333. The summed E-state index contributed by atoms with van der Waals surface area (Å²) in [6.45, 7) is 2.47. The first-order valence-electron chi connectivity index (χ1n) is 8.99. The fourth-order valence-electron chi connectivity index (χ4n) is 3.12. The van der Waals surface area contributed by atoms with Gasteiger partial charge in [0.15, 0.2) is 0 Å². The number of hydrogen-bond donors (Lipinski definition) is 1. The third kappa shape index (κ3) is 4.57. The van der Waals surface area contributed by atoms with E-state index >= 15 is 0 Å². The molecule has 1 N–H and O–H groups in total. The van der Waals surface area contributed by atoms with Gasteiger partial charge in [-0.1, -0.05) is 12.5 Å². The van der Waals surface area contributed by atoms with E-state index in [0.29, 0.717) is 18.7 Å². The molecule has 1 fully saturated rings. The van der Waals surface area contributed by atoms with E-state index in [-0.39, 0.29) is 21.2 Å². The summed E-state index contributed by atoms with van der Waals surface area (Å²) in [6, 6.07) is 9.04. The van der Waals surface area contributed by atoms with Crippen molar-refractivity contribution >= 4 is 31.4 Å². The van der Waals surface area contributed by atoms with Crippen LogP contribution in [0.2, 0.25) is 0 Å². The van der Waals surface area contributed by atoms with Gasteiger partial charge >= 0.3 is 0 Å². The molecule has 9 nitrogen and oxygen atoms in total. The van der Waals surface area contributed by atoms with Gasteiger partial charge in [-0.3, -0.25) is 14.8 Å². The van der Waals surface area contributed by atoms with Crippen molar-refractivity contribution in [3.63, 3.8) is 0 Å². The standard InChI is InChI=1S/C18H21N3O6S2/c1-14-5-8-17(13-18(14)21(22)23)28(24,25)19-15-6-9-16(10-7-15)29(26,27)20-11-3-2-4-12-20/h5-10,13,19H,2-4,11-12H2,1H3. The first kappa shape index (κ1) is 21.2. The largest absolute Gasteiger partial charge is 0.280 e. The molecule has 29 heavy (non-hydrogen) atoms. The van der Waals surface area contributed by atoms with Crippen molar-refractivity contribution in [1.82, 2.24) is 4.31 Å². The molecule has 1 aliphatic rings. The maximum atomic E-state index is 12.7. The Labute approximate surface area is 169 Å². The minimum absolute atomic E-state index is 0.0910. The van der Waals surface area contributed by atoms with Crippen LogP contribution in [-0.2, 0) is 20.0 Å². The van der Waals surface area contributed by atoms with E-state index < -0.39 is 25.0 Å². The predicted octanol–water partition coefficient (Wildman–Crippen LogP) is 2.88. The van der Waals surface area contributed by atoms with Crippen LogP contribution in [0.1, 0.15) is 24.8 Å². The van der Waals surface area contributed by atoms with Crippen molar-refractivity contribution in [2.24, 2.45) is 0 Å². The number of nitro groups is 1. The molecule has 0 aromatic heterocycles. The normalized spacial score (nSPS) is 15.8. The minimum atomic E-state index is -4.07. The van der Waals surface area contributed by atoms with Crippen LogP contribution in [0, 0.1) is 17.0 Å². The highest BCUT2D eigenvalue weighted by Gasteiger charge is 2.26. The molecular weight excluding hydrogens is 418 g/mol. The minimum Gasteiger partial charge on any atom is -0.280 e. The lowest BCUT2D eigenvalue weighted by Crippen LogP contribution is -2.35. The average Bonchev–Trinajstić information content (AvgIpc) is 2.68. The summed E-state index contributed by atoms with van der Waals surface area (Å²) in [5, 5.41) is 11.1. The van der Waals surface area contributed by atoms with Crippen LogP contribution in [0.5, 0.6) is 0 Å². The van der Waals surface area contributed by atoms with Crippen LogP contribution in [0.4, 0.5) is 11.4 Å². The first-order chi connectivity index (χ1) is 13.6. The van der Waals surface area contributed by atoms with Gasteiger partial charge in [-0.15, -0.1) is 0 Å². The van der Waals surface area contributed by atoms with Gasteiger partial charge in [0.05, 0.1) is 14.7 Å². The van der Waals surface area contributed by atoms with Crippen LogP contribution >= 0.6 is 0 Å². The fourth-order valence-corrected chi connectivity index (χ4v) is 5.71. The molecule has 1 heterocycles. The van der Waals surface area contributed by atoms with E-state index in [2.05, 4.69) is 4.72 Å². The van der Waals surface area contributed by atoms with Crippen LogP contribution < -0.4 is 4.72 Å². The molecule has 11 heteroatoms. The maximum Gasteiger partial charge on any atom is 0.273 e. The summed E-state index contributed by atoms with van der Waals surface area (Å²) in [6.07, 6.45) is 2.64. The molecule has 0 amide bonds. The van der Waals surface area contributed by atoms with E-state index in [1.165, 1.54) is 47.6 Å². The second-order valence-electron chi connectivity index (χ2n) is 6.80. The number of rotatable bonds is 6. The second kappa shape index (κ2) is 8.09. The number of nitro benzene ring substituents is 1. The van der Waals surface area contributed by atoms with Crippen molar-refractivity contribution in [1.29, 1.82) is 0 Å². The lowest BCUT2D eigenvalue weighted by Gasteiger charge is -2.25. The quantitative estimate of drug-likeness (QED) is 0.545. The van der Waals surface area contributed by atoms with Gasteiger partial charge in [0.1, 0.15) is 0 Å². The molecule has 3 rings (SSSR count). The molecule has 2 aromatic rings. The SMILES string of the molecule is Cc1ccc(S(=O)(=O)Nc2ccc(S(=O)(=O)N3CCCCC3)cc2)cc1[N+](=O)[O-]. The molecule has 0 unspecified atom stereocenters. The Morgan fingerprint density at radius 2 is 1.52 bits per heavy atom. The van der Waals surface area contributed by atoms with E-state index in [4.69, 9.17) is 0 Å². The topological polar surface area (TPSA) is 127 Å². The Bertz CT molecular complexity index is 1120. The van der Waals surface area contributed by atoms with Crippen molar-refractivity contribution in [3.8, 4) is 0 Å². The van der Waals surface area contributed by atoms with E-state index in [0.717, 1.165) is 25.3 Å². The first-order valence-corrected chi connectivity index (χ1v) is 11.9. The number of sulfonamides is 2. The molecule has 2 aromatic carbocycles. The summed E-state index contributed by atoms with van der Waals surface area (Å²) in [7, 11) is -7.68. The van der Waals surface area contributed by atoms with Gasteiger partial charge < -0.3 is 0 Å². The number of benzene rings is 2. The highest BCUT2D eigenvalue weighted by molar-refractivity contribution is 7.92. The number of piperidine rings is 1. The van der Waals surface area contributed by atoms with E-state index in [1.807, 2.05) is 0 Å². The maximum absolute atomic E-state index is 12.7. The van der Waals surface area contributed by atoms with Gasteiger partial charge in [0, 0.05) is 30.4 Å². The summed E-state index contributed by atoms with van der Waals surface area (Å²) >= 11 is 0. The third-order valence-corrected chi connectivity index (χ3v) is 8.04. The Morgan fingerprint density at radius 1 is 0.931 bits per heavy atom. The zero-order valence-corrected chi connectivity index (χ0v) is 17.4. The van der Waals surface area contributed by atoms with E-state index in [1.54, 1.807) is 0 Å². The molecule has 1 aliphatic heterocycles. The highest BCUT2D eigenvalue weighted by atomic mass is 32.2. The molecule has 0 radical (unpaired) electrons. The smallest absolute Gasteiger partial charge is 0.273 e. The van der Waals surface area contributed by atoms with Gasteiger partial charge in [-0.2, -0.15) is 4.31 Å². The van der Waals surface area contributed by atoms with Gasteiger partial charge in [0.2, 0.25) is 10.0 Å². The van der Waals surface area contributed by atoms with Crippen LogP contribution in [0.3, 0.4) is 0 Å². The number of hydrogen-bond acceptors (Lipinski definition) is 6. The number of nitrogens with zero attached hydrogens (tertiary/aromatic N) is 2. The molecule has 0 aliphatic carbocycles. The Hall–Kier alpha value is -2.50. The Kier molecular flexibility index (Phi) is 5.92.